The van der Waals surface area contributed by atoms with Gasteiger partial charge in [-0.3, -0.25) is 9.69 Å². The molecule has 0 aromatic rings. The second-order valence-corrected chi connectivity index (χ2v) is 6.68. The van der Waals surface area contributed by atoms with E-state index in [1.54, 1.807) is 0 Å². The van der Waals surface area contributed by atoms with Gasteiger partial charge in [0.15, 0.2) is 0 Å². The summed E-state index contributed by atoms with van der Waals surface area (Å²) in [5, 5.41) is 6.73. The normalized spacial score (nSPS) is 27.1. The molecule has 4 heteroatoms. The largest absolute Gasteiger partial charge is 0.352 e. The summed E-state index contributed by atoms with van der Waals surface area (Å²) in [6, 6.07) is 1.08. The Labute approximate surface area is 123 Å². The topological polar surface area (TPSA) is 44.4 Å². The van der Waals surface area contributed by atoms with Crippen LogP contribution in [-0.2, 0) is 4.79 Å². The highest BCUT2D eigenvalue weighted by molar-refractivity contribution is 5.81. The van der Waals surface area contributed by atoms with Gasteiger partial charge in [-0.2, -0.15) is 0 Å². The fourth-order valence-corrected chi connectivity index (χ4v) is 2.87. The molecule has 2 fully saturated rings. The third-order valence-electron chi connectivity index (χ3n) is 4.75. The summed E-state index contributed by atoms with van der Waals surface area (Å²) in [5.41, 5.74) is 0. The maximum atomic E-state index is 12.2. The van der Waals surface area contributed by atoms with E-state index in [1.807, 2.05) is 0 Å². The predicted octanol–water partition coefficient (Wildman–Crippen LogP) is 1.75. The van der Waals surface area contributed by atoms with Crippen LogP contribution in [0.15, 0.2) is 0 Å². The molecular weight excluding hydrogens is 250 g/mol. The lowest BCUT2D eigenvalue weighted by atomic mass is 9.96. The van der Waals surface area contributed by atoms with Crippen LogP contribution in [0, 0.1) is 5.92 Å². The first-order chi connectivity index (χ1) is 9.60. The van der Waals surface area contributed by atoms with E-state index in [-0.39, 0.29) is 18.0 Å². The van der Waals surface area contributed by atoms with E-state index in [1.165, 1.54) is 25.7 Å². The molecule has 0 spiro atoms. The Morgan fingerprint density at radius 1 is 1.30 bits per heavy atom. The molecule has 1 saturated heterocycles. The summed E-state index contributed by atoms with van der Waals surface area (Å²) < 4.78 is 0. The van der Waals surface area contributed by atoms with Crippen LogP contribution < -0.4 is 10.6 Å². The van der Waals surface area contributed by atoms with E-state index in [4.69, 9.17) is 0 Å². The maximum absolute atomic E-state index is 12.2. The number of piperidine rings is 1. The highest BCUT2D eigenvalue weighted by Gasteiger charge is 2.29. The van der Waals surface area contributed by atoms with Gasteiger partial charge in [0.2, 0.25) is 5.91 Å². The first-order valence-corrected chi connectivity index (χ1v) is 8.38. The number of hydrogen-bond acceptors (Lipinski definition) is 3. The van der Waals surface area contributed by atoms with Crippen LogP contribution in [-0.4, -0.2) is 48.6 Å². The highest BCUT2D eigenvalue weighted by Crippen LogP contribution is 2.22. The van der Waals surface area contributed by atoms with Crippen molar-refractivity contribution >= 4 is 5.91 Å². The molecule has 0 radical (unpaired) electrons. The van der Waals surface area contributed by atoms with Crippen LogP contribution in [0.25, 0.3) is 0 Å². The summed E-state index contributed by atoms with van der Waals surface area (Å²) in [6.45, 7) is 9.48. The van der Waals surface area contributed by atoms with Gasteiger partial charge in [-0.25, -0.2) is 0 Å². The zero-order chi connectivity index (χ0) is 14.5. The maximum Gasteiger partial charge on any atom is 0.237 e. The van der Waals surface area contributed by atoms with Gasteiger partial charge in [0, 0.05) is 18.6 Å². The number of carbonyl (C=O) groups is 1. The van der Waals surface area contributed by atoms with E-state index in [2.05, 4.69) is 36.3 Å². The highest BCUT2D eigenvalue weighted by atomic mass is 16.2. The average molecular weight is 281 g/mol. The van der Waals surface area contributed by atoms with Gasteiger partial charge in [-0.15, -0.1) is 0 Å². The van der Waals surface area contributed by atoms with Crippen molar-refractivity contribution in [3.8, 4) is 0 Å². The summed E-state index contributed by atoms with van der Waals surface area (Å²) >= 11 is 0. The van der Waals surface area contributed by atoms with Crippen LogP contribution in [0.3, 0.4) is 0 Å². The zero-order valence-corrected chi connectivity index (χ0v) is 13.3. The Hall–Kier alpha value is -0.610. The molecule has 1 heterocycles. The fraction of sp³-hybridized carbons (Fsp3) is 0.938. The van der Waals surface area contributed by atoms with Crippen molar-refractivity contribution in [1.82, 2.24) is 15.5 Å². The summed E-state index contributed by atoms with van der Waals surface area (Å²) in [4.78, 5) is 14.6. The van der Waals surface area contributed by atoms with Crippen molar-refractivity contribution in [1.29, 1.82) is 0 Å². The molecule has 116 valence electrons. The van der Waals surface area contributed by atoms with Gasteiger partial charge in [0.05, 0.1) is 6.04 Å². The number of amides is 1. The molecule has 0 bridgehead atoms. The Bertz CT molecular complexity index is 317. The molecule has 4 nitrogen and oxygen atoms in total. The quantitative estimate of drug-likeness (QED) is 0.747. The van der Waals surface area contributed by atoms with Gasteiger partial charge in [0.1, 0.15) is 0 Å². The third-order valence-corrected chi connectivity index (χ3v) is 4.75. The Balaban J connectivity index is 1.75. The second-order valence-electron chi connectivity index (χ2n) is 6.68. The minimum absolute atomic E-state index is 0.00715. The molecule has 2 N–H and O–H groups in total. The average Bonchev–Trinajstić information content (AvgIpc) is 3.28. The summed E-state index contributed by atoms with van der Waals surface area (Å²) in [6.07, 6.45) is 6.22. The molecule has 1 aliphatic carbocycles. The fourth-order valence-electron chi connectivity index (χ4n) is 2.87. The van der Waals surface area contributed by atoms with Crippen molar-refractivity contribution in [2.45, 2.75) is 71.0 Å². The van der Waals surface area contributed by atoms with Crippen LogP contribution in [0.5, 0.6) is 0 Å². The summed E-state index contributed by atoms with van der Waals surface area (Å²) in [5.74, 6) is 0.901. The minimum atomic E-state index is 0.00715. The monoisotopic (exact) mass is 281 g/mol. The lowest BCUT2D eigenvalue weighted by Crippen LogP contribution is -2.51. The van der Waals surface area contributed by atoms with Crippen molar-refractivity contribution < 1.29 is 4.79 Å². The Morgan fingerprint density at radius 3 is 2.70 bits per heavy atom. The first kappa shape index (κ1) is 15.8. The van der Waals surface area contributed by atoms with Gasteiger partial charge in [-0.1, -0.05) is 6.92 Å². The lowest BCUT2D eigenvalue weighted by molar-refractivity contribution is -0.127. The molecule has 1 aliphatic heterocycles. The predicted molar refractivity (Wildman–Crippen MR) is 82.7 cm³/mol. The number of carbonyl (C=O) groups excluding carboxylic acids is 1. The Morgan fingerprint density at radius 2 is 2.05 bits per heavy atom. The van der Waals surface area contributed by atoms with Crippen molar-refractivity contribution in [2.75, 3.05) is 19.6 Å². The molecular formula is C16H31N3O. The van der Waals surface area contributed by atoms with E-state index in [0.29, 0.717) is 5.92 Å². The molecule has 1 amide bonds. The van der Waals surface area contributed by atoms with E-state index < -0.39 is 0 Å². The number of hydrogen-bond donors (Lipinski definition) is 2. The van der Waals surface area contributed by atoms with Gasteiger partial charge >= 0.3 is 0 Å². The lowest BCUT2D eigenvalue weighted by Gasteiger charge is -2.36. The van der Waals surface area contributed by atoms with E-state index >= 15 is 0 Å². The van der Waals surface area contributed by atoms with Crippen LogP contribution in [0.2, 0.25) is 0 Å². The van der Waals surface area contributed by atoms with E-state index in [9.17, 15) is 4.79 Å². The molecule has 0 aromatic heterocycles. The molecule has 2 aliphatic rings. The second kappa shape index (κ2) is 7.41. The molecule has 3 unspecified atom stereocenters. The number of likely N-dealkylation sites (tertiary alicyclic amines) is 1. The van der Waals surface area contributed by atoms with Gasteiger partial charge in [-0.05, 0) is 65.0 Å². The van der Waals surface area contributed by atoms with Gasteiger partial charge in [0.25, 0.3) is 0 Å². The minimum Gasteiger partial charge on any atom is -0.352 e. The van der Waals surface area contributed by atoms with Gasteiger partial charge < -0.3 is 10.6 Å². The number of nitrogens with one attached hydrogen (secondary N) is 2. The third kappa shape index (κ3) is 4.74. The van der Waals surface area contributed by atoms with Crippen LogP contribution >= 0.6 is 0 Å². The first-order valence-electron chi connectivity index (χ1n) is 8.38. The number of nitrogens with zero attached hydrogens (tertiary/aromatic N) is 1. The molecule has 20 heavy (non-hydrogen) atoms. The van der Waals surface area contributed by atoms with Crippen LogP contribution in [0.1, 0.15) is 52.9 Å². The zero-order valence-electron chi connectivity index (χ0n) is 13.3. The summed E-state index contributed by atoms with van der Waals surface area (Å²) in [7, 11) is 0. The SMILES string of the molecule is CCC(C)NC(=O)C(C)N1CCCC(CNC2CC2)C1. The van der Waals surface area contributed by atoms with E-state index in [0.717, 1.165) is 32.1 Å². The van der Waals surface area contributed by atoms with Crippen molar-refractivity contribution in [3.63, 3.8) is 0 Å². The van der Waals surface area contributed by atoms with Crippen molar-refractivity contribution in [2.24, 2.45) is 5.92 Å². The molecule has 3 atom stereocenters. The molecule has 0 aromatic carbocycles. The molecule has 2 rings (SSSR count). The molecule has 1 saturated carbocycles. The number of rotatable bonds is 7. The smallest absolute Gasteiger partial charge is 0.237 e. The Kier molecular flexibility index (Phi) is 5.85. The van der Waals surface area contributed by atoms with Crippen LogP contribution in [0.4, 0.5) is 0 Å². The standard InChI is InChI=1S/C16H31N3O/c1-4-12(2)18-16(20)13(3)19-9-5-6-14(11-19)10-17-15-7-8-15/h12-15,17H,4-11H2,1-3H3,(H,18,20). The van der Waals surface area contributed by atoms with Crippen molar-refractivity contribution in [3.05, 3.63) is 0 Å².